The molecule has 14 heavy (non-hydrogen) atoms. The summed E-state index contributed by atoms with van der Waals surface area (Å²) in [7, 11) is 0. The second-order valence-corrected chi connectivity index (χ2v) is 2.81. The van der Waals surface area contributed by atoms with Crippen molar-refractivity contribution in [3.8, 4) is 0 Å². The van der Waals surface area contributed by atoms with Crippen LogP contribution >= 0.6 is 0 Å². The number of esters is 1. The smallest absolute Gasteiger partial charge is 0.422 e. The lowest BCUT2D eigenvalue weighted by molar-refractivity contribution is -0.184. The van der Waals surface area contributed by atoms with Crippen LogP contribution in [0, 0.1) is 31.1 Å². The Morgan fingerprint density at radius 1 is 1.43 bits per heavy atom. The molecule has 0 atom stereocenters. The van der Waals surface area contributed by atoms with Crippen LogP contribution in [-0.2, 0) is 9.53 Å². The van der Waals surface area contributed by atoms with Gasteiger partial charge in [-0.1, -0.05) is 6.92 Å². The lowest BCUT2D eigenvalue weighted by Gasteiger charge is -2.13. The second kappa shape index (κ2) is 4.19. The van der Waals surface area contributed by atoms with E-state index in [0.29, 0.717) is 5.92 Å². The van der Waals surface area contributed by atoms with Crippen molar-refractivity contribution in [2.45, 2.75) is 13.1 Å². The summed E-state index contributed by atoms with van der Waals surface area (Å²) in [5.74, 6) is -0.156. The highest BCUT2D eigenvalue weighted by atomic mass is 19.4. The molecule has 0 spiro atoms. The van der Waals surface area contributed by atoms with Crippen molar-refractivity contribution in [3.05, 3.63) is 31.1 Å². The Kier molecular flexibility index (Phi) is 3.39. The number of ether oxygens (including phenoxy) is 1. The summed E-state index contributed by atoms with van der Waals surface area (Å²) in [5, 5.41) is 0. The molecule has 1 aliphatic carbocycles. The van der Waals surface area contributed by atoms with E-state index in [4.69, 9.17) is 0 Å². The van der Waals surface area contributed by atoms with E-state index in [1.807, 2.05) is 0 Å². The Balaban J connectivity index is 2.35. The predicted molar refractivity (Wildman–Crippen MR) is 42.1 cm³/mol. The SMILES string of the molecule is C[C]1[CH][CH][CH][C]1C(=O)OCC(F)(F)F. The number of hydrogen-bond donors (Lipinski definition) is 0. The third kappa shape index (κ3) is 3.20. The summed E-state index contributed by atoms with van der Waals surface area (Å²) in [6.45, 7) is 0.0840. The van der Waals surface area contributed by atoms with Crippen molar-refractivity contribution < 1.29 is 22.7 Å². The zero-order chi connectivity index (χ0) is 10.8. The maximum Gasteiger partial charge on any atom is 0.422 e. The van der Waals surface area contributed by atoms with Crippen molar-refractivity contribution in [3.63, 3.8) is 0 Å². The molecule has 0 saturated heterocycles. The molecule has 0 unspecified atom stereocenters. The Morgan fingerprint density at radius 2 is 2.07 bits per heavy atom. The van der Waals surface area contributed by atoms with E-state index in [0.717, 1.165) is 0 Å². The average molecular weight is 205 g/mol. The Bertz CT molecular complexity index is 213. The van der Waals surface area contributed by atoms with Crippen LogP contribution < -0.4 is 0 Å². The minimum atomic E-state index is -4.48. The molecule has 5 heteroatoms. The molecule has 1 saturated carbocycles. The summed E-state index contributed by atoms with van der Waals surface area (Å²) in [4.78, 5) is 11.1. The van der Waals surface area contributed by atoms with Gasteiger partial charge in [-0.25, -0.2) is 0 Å². The summed E-state index contributed by atoms with van der Waals surface area (Å²) >= 11 is 0. The fraction of sp³-hybridized carbons (Fsp3) is 0.333. The Hall–Kier alpha value is -0.740. The summed E-state index contributed by atoms with van der Waals surface area (Å²) in [5.41, 5.74) is 0. The molecular weight excluding hydrogens is 197 g/mol. The molecule has 0 heterocycles. The van der Waals surface area contributed by atoms with Crippen LogP contribution in [0.5, 0.6) is 0 Å². The van der Waals surface area contributed by atoms with Gasteiger partial charge in [-0.3, -0.25) is 4.79 Å². The largest absolute Gasteiger partial charge is 0.456 e. The maximum atomic E-state index is 11.7. The van der Waals surface area contributed by atoms with Gasteiger partial charge in [-0.05, 0) is 25.2 Å². The maximum absolute atomic E-state index is 11.7. The number of hydrogen-bond acceptors (Lipinski definition) is 2. The number of carbonyl (C=O) groups excluding carboxylic acids is 1. The highest BCUT2D eigenvalue weighted by molar-refractivity contribution is 5.93. The molecule has 0 bridgehead atoms. The van der Waals surface area contributed by atoms with E-state index < -0.39 is 18.8 Å². The van der Waals surface area contributed by atoms with E-state index in [-0.39, 0.29) is 5.92 Å². The number of carbonyl (C=O) groups is 1. The van der Waals surface area contributed by atoms with Gasteiger partial charge in [-0.15, -0.1) is 0 Å². The standard InChI is InChI=1S/C9H8F3O2/c1-6-3-2-4-7(6)8(13)14-5-9(10,11)12/h2-4H,5H2,1H3. The van der Waals surface area contributed by atoms with E-state index in [1.165, 1.54) is 6.42 Å². The zero-order valence-electron chi connectivity index (χ0n) is 7.39. The van der Waals surface area contributed by atoms with Crippen molar-refractivity contribution in [1.82, 2.24) is 0 Å². The Labute approximate surface area is 80.4 Å². The van der Waals surface area contributed by atoms with Gasteiger partial charge in [0.15, 0.2) is 6.61 Å². The van der Waals surface area contributed by atoms with Crippen LogP contribution in [0.1, 0.15) is 6.92 Å². The van der Waals surface area contributed by atoms with E-state index in [1.54, 1.807) is 19.8 Å². The molecular formula is C9H8F3O2. The molecule has 0 aromatic rings. The van der Waals surface area contributed by atoms with Crippen molar-refractivity contribution in [2.75, 3.05) is 6.61 Å². The van der Waals surface area contributed by atoms with Gasteiger partial charge in [0, 0.05) is 0 Å². The Morgan fingerprint density at radius 3 is 2.50 bits per heavy atom. The molecule has 0 N–H and O–H groups in total. The molecule has 2 nitrogen and oxygen atoms in total. The first-order chi connectivity index (χ1) is 6.40. The van der Waals surface area contributed by atoms with Crippen LogP contribution in [0.3, 0.4) is 0 Å². The zero-order valence-corrected chi connectivity index (χ0v) is 7.39. The molecule has 0 aromatic carbocycles. The van der Waals surface area contributed by atoms with E-state index in [2.05, 4.69) is 4.74 Å². The normalized spacial score (nSPS) is 20.0. The van der Waals surface area contributed by atoms with Gasteiger partial charge >= 0.3 is 12.1 Å². The van der Waals surface area contributed by atoms with Gasteiger partial charge in [0.25, 0.3) is 0 Å². The third-order valence-corrected chi connectivity index (χ3v) is 1.62. The quantitative estimate of drug-likeness (QED) is 0.643. The number of halogens is 3. The molecule has 1 rings (SSSR count). The minimum absolute atomic E-state index is 0.175. The first-order valence-corrected chi connectivity index (χ1v) is 3.86. The first kappa shape index (κ1) is 11.3. The van der Waals surface area contributed by atoms with Crippen LogP contribution in [-0.4, -0.2) is 18.8 Å². The summed E-state index contributed by atoms with van der Waals surface area (Å²) in [6, 6.07) is 0. The molecule has 1 fully saturated rings. The summed E-state index contributed by atoms with van der Waals surface area (Å²) < 4.78 is 39.1. The van der Waals surface area contributed by atoms with Gasteiger partial charge < -0.3 is 4.74 Å². The van der Waals surface area contributed by atoms with Crippen LogP contribution in [0.2, 0.25) is 0 Å². The lowest BCUT2D eigenvalue weighted by atomic mass is 9.99. The van der Waals surface area contributed by atoms with Gasteiger partial charge in [0.1, 0.15) is 0 Å². The number of rotatable bonds is 2. The van der Waals surface area contributed by atoms with Crippen molar-refractivity contribution in [1.29, 1.82) is 0 Å². The summed E-state index contributed by atoms with van der Waals surface area (Å²) in [6.07, 6.45) is 0.161. The average Bonchev–Trinajstić information content (AvgIpc) is 2.46. The van der Waals surface area contributed by atoms with Crippen LogP contribution in [0.25, 0.3) is 0 Å². The predicted octanol–water partition coefficient (Wildman–Crippen LogP) is 1.89. The minimum Gasteiger partial charge on any atom is -0.456 e. The van der Waals surface area contributed by atoms with Crippen molar-refractivity contribution in [2.24, 2.45) is 0 Å². The van der Waals surface area contributed by atoms with Gasteiger partial charge in [0.05, 0.1) is 5.92 Å². The fourth-order valence-electron chi connectivity index (χ4n) is 0.964. The lowest BCUT2D eigenvalue weighted by Crippen LogP contribution is -2.24. The topological polar surface area (TPSA) is 26.3 Å². The molecule has 0 aliphatic heterocycles. The van der Waals surface area contributed by atoms with Gasteiger partial charge in [-0.2, -0.15) is 13.2 Å². The van der Waals surface area contributed by atoms with Crippen molar-refractivity contribution >= 4 is 5.97 Å². The first-order valence-electron chi connectivity index (χ1n) is 3.86. The monoisotopic (exact) mass is 205 g/mol. The van der Waals surface area contributed by atoms with Gasteiger partial charge in [0.2, 0.25) is 0 Å². The molecule has 77 valence electrons. The number of alkyl halides is 3. The van der Waals surface area contributed by atoms with E-state index in [9.17, 15) is 18.0 Å². The third-order valence-electron chi connectivity index (χ3n) is 1.62. The molecule has 0 amide bonds. The fourth-order valence-corrected chi connectivity index (χ4v) is 0.964. The second-order valence-electron chi connectivity index (χ2n) is 2.81. The highest BCUT2D eigenvalue weighted by Gasteiger charge is 2.36. The molecule has 0 aromatic heterocycles. The highest BCUT2D eigenvalue weighted by Crippen LogP contribution is 2.33. The van der Waals surface area contributed by atoms with Crippen LogP contribution in [0.15, 0.2) is 0 Å². The van der Waals surface area contributed by atoms with Crippen LogP contribution in [0.4, 0.5) is 13.2 Å². The molecule has 1 aliphatic rings. The molecule has 5 radical (unpaired) electrons. The van der Waals surface area contributed by atoms with E-state index >= 15 is 0 Å².